The zero-order valence-corrected chi connectivity index (χ0v) is 8.51. The summed E-state index contributed by atoms with van der Waals surface area (Å²) in [5, 5.41) is 0. The molecule has 70 valence electrons. The monoisotopic (exact) mass is 195 g/mol. The molecule has 0 atom stereocenters. The first-order valence-electron chi connectivity index (χ1n) is 4.37. The lowest BCUT2D eigenvalue weighted by atomic mass is 10.2. The van der Waals surface area contributed by atoms with E-state index in [-0.39, 0.29) is 0 Å². The van der Waals surface area contributed by atoms with Crippen LogP contribution >= 0.6 is 11.8 Å². The molecule has 0 unspecified atom stereocenters. The highest BCUT2D eigenvalue weighted by Gasteiger charge is 2.15. The van der Waals surface area contributed by atoms with Crippen LogP contribution in [0, 0.1) is 0 Å². The molecule has 1 aromatic rings. The van der Waals surface area contributed by atoms with Crippen LogP contribution in [0.1, 0.15) is 0 Å². The smallest absolute Gasteiger partial charge is 0.142 e. The van der Waals surface area contributed by atoms with Gasteiger partial charge in [-0.3, -0.25) is 0 Å². The van der Waals surface area contributed by atoms with E-state index in [1.165, 1.54) is 5.69 Å². The summed E-state index contributed by atoms with van der Waals surface area (Å²) in [6, 6.07) is 8.22. The summed E-state index contributed by atoms with van der Waals surface area (Å²) in [5.74, 6) is 2.06. The quantitative estimate of drug-likeness (QED) is 0.718. The van der Waals surface area contributed by atoms with Gasteiger partial charge in [0, 0.05) is 0 Å². The first kappa shape index (κ1) is 8.75. The van der Waals surface area contributed by atoms with E-state index >= 15 is 0 Å². The van der Waals surface area contributed by atoms with Crippen LogP contribution in [0.15, 0.2) is 24.3 Å². The normalized spacial score (nSPS) is 15.0. The van der Waals surface area contributed by atoms with Gasteiger partial charge in [-0.2, -0.15) is 0 Å². The van der Waals surface area contributed by atoms with Gasteiger partial charge >= 0.3 is 0 Å². The molecule has 0 aromatic heterocycles. The molecule has 2 rings (SSSR count). The van der Waals surface area contributed by atoms with Gasteiger partial charge < -0.3 is 9.64 Å². The first-order valence-corrected chi connectivity index (χ1v) is 5.77. The summed E-state index contributed by atoms with van der Waals surface area (Å²) in [4.78, 5) is 2.35. The highest BCUT2D eigenvalue weighted by Crippen LogP contribution is 2.31. The van der Waals surface area contributed by atoms with Crippen molar-refractivity contribution in [1.82, 2.24) is 0 Å². The maximum absolute atomic E-state index is 5.55. The van der Waals surface area contributed by atoms with Crippen LogP contribution in [0.5, 0.6) is 5.75 Å². The number of fused-ring (bicyclic) bond motifs is 1. The molecule has 13 heavy (non-hydrogen) atoms. The highest BCUT2D eigenvalue weighted by atomic mass is 32.2. The summed E-state index contributed by atoms with van der Waals surface area (Å²) in [5.41, 5.74) is 1.23. The van der Waals surface area contributed by atoms with Gasteiger partial charge in [-0.1, -0.05) is 12.1 Å². The van der Waals surface area contributed by atoms with Crippen LogP contribution in [0.3, 0.4) is 0 Å². The predicted molar refractivity (Wildman–Crippen MR) is 57.7 cm³/mol. The molecule has 0 N–H and O–H groups in total. The molecule has 0 amide bonds. The second-order valence-corrected chi connectivity index (χ2v) is 3.83. The van der Waals surface area contributed by atoms with Gasteiger partial charge in [0.25, 0.3) is 0 Å². The largest absolute Gasteiger partial charge is 0.490 e. The molecule has 1 heterocycles. The molecule has 0 fully saturated rings. The summed E-state index contributed by atoms with van der Waals surface area (Å²) in [6.45, 7) is 1.80. The number of hydrogen-bond acceptors (Lipinski definition) is 3. The molecule has 3 heteroatoms. The Morgan fingerprint density at radius 1 is 1.46 bits per heavy atom. The number of benzene rings is 1. The maximum atomic E-state index is 5.55. The third kappa shape index (κ3) is 1.75. The van der Waals surface area contributed by atoms with Crippen molar-refractivity contribution in [2.24, 2.45) is 0 Å². The van der Waals surface area contributed by atoms with Crippen molar-refractivity contribution in [2.75, 3.05) is 30.2 Å². The summed E-state index contributed by atoms with van der Waals surface area (Å²) < 4.78 is 5.55. The molecule has 0 bridgehead atoms. The van der Waals surface area contributed by atoms with Gasteiger partial charge in [0.1, 0.15) is 12.4 Å². The Hall–Kier alpha value is -0.830. The predicted octanol–water partition coefficient (Wildman–Crippen LogP) is 2.21. The fraction of sp³-hybridized carbons (Fsp3) is 0.400. The van der Waals surface area contributed by atoms with E-state index < -0.39 is 0 Å². The van der Waals surface area contributed by atoms with E-state index in [1.807, 2.05) is 23.9 Å². The SMILES string of the molecule is CSCN1CCOc2ccccc21. The lowest BCUT2D eigenvalue weighted by Crippen LogP contribution is -2.32. The Balaban J connectivity index is 2.26. The molecule has 0 saturated heterocycles. The van der Waals surface area contributed by atoms with Gasteiger partial charge in [-0.25, -0.2) is 0 Å². The third-order valence-electron chi connectivity index (χ3n) is 2.11. The fourth-order valence-corrected chi connectivity index (χ4v) is 2.10. The molecule has 1 aromatic carbocycles. The molecule has 0 aliphatic carbocycles. The zero-order chi connectivity index (χ0) is 9.10. The number of para-hydroxylation sites is 2. The molecule has 0 spiro atoms. The average molecular weight is 195 g/mol. The first-order chi connectivity index (χ1) is 6.42. The van der Waals surface area contributed by atoms with Gasteiger partial charge in [-0.05, 0) is 18.4 Å². The molecule has 0 radical (unpaired) electrons. The molecular formula is C10H13NOS. The Morgan fingerprint density at radius 2 is 2.31 bits per heavy atom. The molecular weight excluding hydrogens is 182 g/mol. The van der Waals surface area contributed by atoms with Crippen molar-refractivity contribution in [3.63, 3.8) is 0 Å². The van der Waals surface area contributed by atoms with Crippen molar-refractivity contribution < 1.29 is 4.74 Å². The van der Waals surface area contributed by atoms with Gasteiger partial charge in [0.05, 0.1) is 18.1 Å². The van der Waals surface area contributed by atoms with Gasteiger partial charge in [-0.15, -0.1) is 11.8 Å². The number of nitrogens with zero attached hydrogens (tertiary/aromatic N) is 1. The van der Waals surface area contributed by atoms with Crippen LogP contribution in [0.2, 0.25) is 0 Å². The Morgan fingerprint density at radius 3 is 3.15 bits per heavy atom. The van der Waals surface area contributed by atoms with Crippen molar-refractivity contribution >= 4 is 17.4 Å². The Bertz CT molecular complexity index is 290. The van der Waals surface area contributed by atoms with Gasteiger partial charge in [0.2, 0.25) is 0 Å². The second-order valence-electron chi connectivity index (χ2n) is 3.00. The van der Waals surface area contributed by atoms with E-state index in [1.54, 1.807) is 0 Å². The van der Waals surface area contributed by atoms with E-state index in [2.05, 4.69) is 23.3 Å². The molecule has 1 aliphatic rings. The topological polar surface area (TPSA) is 12.5 Å². The summed E-state index contributed by atoms with van der Waals surface area (Å²) >= 11 is 1.84. The highest BCUT2D eigenvalue weighted by molar-refractivity contribution is 7.98. The van der Waals surface area contributed by atoms with Crippen LogP contribution in [0.25, 0.3) is 0 Å². The minimum Gasteiger partial charge on any atom is -0.490 e. The molecule has 1 aliphatic heterocycles. The number of hydrogen-bond donors (Lipinski definition) is 0. The van der Waals surface area contributed by atoms with Crippen molar-refractivity contribution in [1.29, 1.82) is 0 Å². The number of ether oxygens (including phenoxy) is 1. The molecule has 0 saturated carbocycles. The van der Waals surface area contributed by atoms with E-state index in [4.69, 9.17) is 4.74 Å². The molecule has 2 nitrogen and oxygen atoms in total. The number of anilines is 1. The lowest BCUT2D eigenvalue weighted by molar-refractivity contribution is 0.310. The van der Waals surface area contributed by atoms with Crippen LogP contribution in [-0.2, 0) is 0 Å². The second kappa shape index (κ2) is 3.92. The fourth-order valence-electron chi connectivity index (χ4n) is 1.52. The van der Waals surface area contributed by atoms with E-state index in [0.29, 0.717) is 0 Å². The Labute approximate surface area is 82.9 Å². The third-order valence-corrected chi connectivity index (χ3v) is 2.68. The Kier molecular flexibility index (Phi) is 2.64. The van der Waals surface area contributed by atoms with E-state index in [0.717, 1.165) is 24.8 Å². The average Bonchev–Trinajstić information content (AvgIpc) is 2.19. The van der Waals surface area contributed by atoms with Gasteiger partial charge in [0.15, 0.2) is 0 Å². The minimum absolute atomic E-state index is 0.803. The summed E-state index contributed by atoms with van der Waals surface area (Å²) in [7, 11) is 0. The standard InChI is InChI=1S/C10H13NOS/c1-13-8-11-6-7-12-10-5-3-2-4-9(10)11/h2-5H,6-8H2,1H3. The maximum Gasteiger partial charge on any atom is 0.142 e. The van der Waals surface area contributed by atoms with Crippen molar-refractivity contribution in [3.05, 3.63) is 24.3 Å². The van der Waals surface area contributed by atoms with Crippen molar-refractivity contribution in [3.8, 4) is 5.75 Å². The zero-order valence-electron chi connectivity index (χ0n) is 7.69. The summed E-state index contributed by atoms with van der Waals surface area (Å²) in [6.07, 6.45) is 2.12. The van der Waals surface area contributed by atoms with Crippen LogP contribution < -0.4 is 9.64 Å². The lowest BCUT2D eigenvalue weighted by Gasteiger charge is -2.30. The van der Waals surface area contributed by atoms with Crippen LogP contribution in [0.4, 0.5) is 5.69 Å². The van der Waals surface area contributed by atoms with Crippen LogP contribution in [-0.4, -0.2) is 25.3 Å². The number of thioether (sulfide) groups is 1. The number of rotatable bonds is 2. The minimum atomic E-state index is 0.803. The van der Waals surface area contributed by atoms with Crippen molar-refractivity contribution in [2.45, 2.75) is 0 Å². The van der Waals surface area contributed by atoms with E-state index in [9.17, 15) is 0 Å².